The van der Waals surface area contributed by atoms with Crippen molar-refractivity contribution in [3.8, 4) is 0 Å². The molecule has 6 heteroatoms. The van der Waals surface area contributed by atoms with Crippen molar-refractivity contribution in [3.63, 3.8) is 0 Å². The number of anilines is 4. The summed E-state index contributed by atoms with van der Waals surface area (Å²) in [5.41, 5.74) is 3.45. The van der Waals surface area contributed by atoms with Crippen molar-refractivity contribution in [3.05, 3.63) is 30.0 Å². The molecule has 25 heavy (non-hydrogen) atoms. The van der Waals surface area contributed by atoms with E-state index in [0.717, 1.165) is 31.7 Å². The van der Waals surface area contributed by atoms with E-state index in [-0.39, 0.29) is 0 Å². The lowest BCUT2D eigenvalue weighted by Crippen LogP contribution is -2.21. The van der Waals surface area contributed by atoms with E-state index in [0.29, 0.717) is 17.7 Å². The zero-order valence-electron chi connectivity index (χ0n) is 16.0. The number of rotatable bonds is 9. The molecular formula is C19H30N6. The smallest absolute Gasteiger partial charge is 0.244 e. The molecule has 136 valence electrons. The van der Waals surface area contributed by atoms with Crippen LogP contribution in [0.25, 0.3) is 0 Å². The molecule has 0 aliphatic heterocycles. The predicted molar refractivity (Wildman–Crippen MR) is 106 cm³/mol. The van der Waals surface area contributed by atoms with Crippen LogP contribution in [0.2, 0.25) is 0 Å². The maximum atomic E-state index is 4.49. The van der Waals surface area contributed by atoms with Gasteiger partial charge in [0.2, 0.25) is 5.95 Å². The highest BCUT2D eigenvalue weighted by Gasteiger charge is 2.07. The van der Waals surface area contributed by atoms with Gasteiger partial charge < -0.3 is 15.5 Å². The van der Waals surface area contributed by atoms with Crippen molar-refractivity contribution in [2.24, 2.45) is 5.92 Å². The Morgan fingerprint density at radius 1 is 1.16 bits per heavy atom. The minimum Gasteiger partial charge on any atom is -0.372 e. The van der Waals surface area contributed by atoms with E-state index in [1.165, 1.54) is 11.3 Å². The molecule has 1 heterocycles. The van der Waals surface area contributed by atoms with Crippen molar-refractivity contribution in [1.29, 1.82) is 0 Å². The van der Waals surface area contributed by atoms with Gasteiger partial charge in [0.25, 0.3) is 0 Å². The first-order chi connectivity index (χ1) is 12.0. The topological polar surface area (TPSA) is 66.0 Å². The highest BCUT2D eigenvalue weighted by Crippen LogP contribution is 2.24. The van der Waals surface area contributed by atoms with E-state index < -0.39 is 0 Å². The van der Waals surface area contributed by atoms with Gasteiger partial charge in [-0.15, -0.1) is 5.10 Å². The number of hydrogen-bond acceptors (Lipinski definition) is 6. The van der Waals surface area contributed by atoms with Gasteiger partial charge in [-0.1, -0.05) is 13.8 Å². The van der Waals surface area contributed by atoms with Gasteiger partial charge in [0.05, 0.1) is 6.20 Å². The van der Waals surface area contributed by atoms with Crippen LogP contribution in [0.3, 0.4) is 0 Å². The maximum Gasteiger partial charge on any atom is 0.244 e. The fourth-order valence-corrected chi connectivity index (χ4v) is 2.62. The van der Waals surface area contributed by atoms with E-state index in [2.05, 4.69) is 83.5 Å². The molecule has 0 fully saturated rings. The summed E-state index contributed by atoms with van der Waals surface area (Å²) in [6.07, 6.45) is 2.72. The third-order valence-corrected chi connectivity index (χ3v) is 4.16. The lowest BCUT2D eigenvalue weighted by Gasteiger charge is -2.22. The molecule has 0 atom stereocenters. The lowest BCUT2D eigenvalue weighted by atomic mass is 10.1. The minimum atomic E-state index is 0.558. The SMILES string of the molecule is CCN(CC)c1ccc(Nc2cnnc(NCCC(C)C)n2)c(C)c1. The molecule has 0 saturated heterocycles. The summed E-state index contributed by atoms with van der Waals surface area (Å²) in [4.78, 5) is 6.82. The predicted octanol–water partition coefficient (Wildman–Crippen LogP) is 4.23. The molecule has 2 aromatic rings. The highest BCUT2D eigenvalue weighted by molar-refractivity contribution is 5.65. The van der Waals surface area contributed by atoms with Crippen LogP contribution in [0.15, 0.2) is 24.4 Å². The van der Waals surface area contributed by atoms with E-state index in [9.17, 15) is 0 Å². The van der Waals surface area contributed by atoms with Crippen LogP contribution >= 0.6 is 0 Å². The van der Waals surface area contributed by atoms with E-state index >= 15 is 0 Å². The molecule has 0 aliphatic carbocycles. The Morgan fingerprint density at radius 3 is 2.56 bits per heavy atom. The van der Waals surface area contributed by atoms with Crippen molar-refractivity contribution in [1.82, 2.24) is 15.2 Å². The lowest BCUT2D eigenvalue weighted by molar-refractivity contribution is 0.605. The zero-order valence-corrected chi connectivity index (χ0v) is 16.0. The van der Waals surface area contributed by atoms with Crippen LogP contribution in [0.1, 0.15) is 39.7 Å². The fourth-order valence-electron chi connectivity index (χ4n) is 2.62. The Labute approximate surface area is 151 Å². The van der Waals surface area contributed by atoms with Crippen LogP contribution in [0, 0.1) is 12.8 Å². The van der Waals surface area contributed by atoms with Crippen LogP contribution in [0.5, 0.6) is 0 Å². The Kier molecular flexibility index (Phi) is 6.98. The summed E-state index contributed by atoms with van der Waals surface area (Å²) in [5, 5.41) is 14.6. The van der Waals surface area contributed by atoms with Gasteiger partial charge in [-0.25, -0.2) is 0 Å². The van der Waals surface area contributed by atoms with E-state index in [4.69, 9.17) is 0 Å². The van der Waals surface area contributed by atoms with Crippen molar-refractivity contribution < 1.29 is 0 Å². The van der Waals surface area contributed by atoms with Gasteiger partial charge in [0.1, 0.15) is 0 Å². The number of aromatic nitrogens is 3. The second-order valence-electron chi connectivity index (χ2n) is 6.57. The number of aryl methyl sites for hydroxylation is 1. The first-order valence-corrected chi connectivity index (χ1v) is 9.09. The normalized spacial score (nSPS) is 10.8. The van der Waals surface area contributed by atoms with Gasteiger partial charge in [-0.2, -0.15) is 10.1 Å². The quantitative estimate of drug-likeness (QED) is 0.711. The van der Waals surface area contributed by atoms with Gasteiger partial charge in [0, 0.05) is 31.0 Å². The van der Waals surface area contributed by atoms with Gasteiger partial charge in [-0.3, -0.25) is 0 Å². The van der Waals surface area contributed by atoms with Crippen molar-refractivity contribution >= 4 is 23.1 Å². The minimum absolute atomic E-state index is 0.558. The molecule has 1 aromatic carbocycles. The van der Waals surface area contributed by atoms with E-state index in [1.807, 2.05) is 0 Å². The summed E-state index contributed by atoms with van der Waals surface area (Å²) >= 11 is 0. The molecule has 2 rings (SSSR count). The van der Waals surface area contributed by atoms with Crippen molar-refractivity contribution in [2.45, 2.75) is 41.0 Å². The number of benzene rings is 1. The summed E-state index contributed by atoms with van der Waals surface area (Å²) in [5.74, 6) is 1.90. The molecule has 1 aromatic heterocycles. The molecule has 0 saturated carbocycles. The average Bonchev–Trinajstić information content (AvgIpc) is 2.58. The second-order valence-corrected chi connectivity index (χ2v) is 6.57. The molecule has 0 bridgehead atoms. The Hall–Kier alpha value is -2.37. The monoisotopic (exact) mass is 342 g/mol. The molecule has 2 N–H and O–H groups in total. The van der Waals surface area contributed by atoms with Gasteiger partial charge >= 0.3 is 0 Å². The van der Waals surface area contributed by atoms with Gasteiger partial charge in [-0.05, 0) is 56.9 Å². The highest BCUT2D eigenvalue weighted by atomic mass is 15.3. The second kappa shape index (κ2) is 9.20. The number of nitrogens with zero attached hydrogens (tertiary/aromatic N) is 4. The summed E-state index contributed by atoms with van der Waals surface area (Å²) in [6, 6.07) is 6.43. The zero-order chi connectivity index (χ0) is 18.2. The molecule has 6 nitrogen and oxygen atoms in total. The maximum absolute atomic E-state index is 4.49. The van der Waals surface area contributed by atoms with Crippen LogP contribution in [-0.4, -0.2) is 34.8 Å². The summed E-state index contributed by atoms with van der Waals surface area (Å²) < 4.78 is 0. The Balaban J connectivity index is 2.06. The molecule has 0 unspecified atom stereocenters. The average molecular weight is 342 g/mol. The molecule has 0 spiro atoms. The van der Waals surface area contributed by atoms with Crippen LogP contribution in [-0.2, 0) is 0 Å². The first-order valence-electron chi connectivity index (χ1n) is 9.09. The first kappa shape index (κ1) is 19.0. The Morgan fingerprint density at radius 2 is 1.92 bits per heavy atom. The molecule has 0 aliphatic rings. The third kappa shape index (κ3) is 5.59. The van der Waals surface area contributed by atoms with Crippen LogP contribution in [0.4, 0.5) is 23.1 Å². The molecular weight excluding hydrogens is 312 g/mol. The third-order valence-electron chi connectivity index (χ3n) is 4.16. The number of hydrogen-bond donors (Lipinski definition) is 2. The van der Waals surface area contributed by atoms with E-state index in [1.54, 1.807) is 6.20 Å². The number of nitrogens with one attached hydrogen (secondary N) is 2. The van der Waals surface area contributed by atoms with Crippen molar-refractivity contribution in [2.75, 3.05) is 35.2 Å². The molecule has 0 amide bonds. The summed E-state index contributed by atoms with van der Waals surface area (Å²) in [7, 11) is 0. The standard InChI is InChI=1S/C19H30N6/c1-6-25(7-2)16-8-9-17(15(5)12-16)22-18-13-21-24-19(23-18)20-11-10-14(3)4/h8-9,12-14H,6-7,10-11H2,1-5H3,(H2,20,22,23,24). The molecule has 0 radical (unpaired) electrons. The summed E-state index contributed by atoms with van der Waals surface area (Å²) in [6.45, 7) is 13.7. The Bertz CT molecular complexity index is 667. The van der Waals surface area contributed by atoms with Crippen LogP contribution < -0.4 is 15.5 Å². The fraction of sp³-hybridized carbons (Fsp3) is 0.526. The van der Waals surface area contributed by atoms with Gasteiger partial charge in [0.15, 0.2) is 5.82 Å². The largest absolute Gasteiger partial charge is 0.372 e.